The maximum atomic E-state index is 12.2. The SMILES string of the molecule is CCCC[C@H](NC(=O)c1cnc(-c2ccccc2)s1)C(=O)O. The number of carboxylic acids is 1. The van der Waals surface area contributed by atoms with E-state index in [1.807, 2.05) is 37.3 Å². The molecule has 2 N–H and O–H groups in total. The fourth-order valence-electron chi connectivity index (χ4n) is 1.99. The Morgan fingerprint density at radius 2 is 2.05 bits per heavy atom. The number of carboxylic acid groups (broad SMARTS) is 1. The average Bonchev–Trinajstić information content (AvgIpc) is 3.02. The first-order chi connectivity index (χ1) is 10.6. The topological polar surface area (TPSA) is 79.3 Å². The molecule has 0 radical (unpaired) electrons. The van der Waals surface area contributed by atoms with E-state index in [4.69, 9.17) is 5.11 Å². The Morgan fingerprint density at radius 1 is 1.32 bits per heavy atom. The molecule has 1 aromatic heterocycles. The van der Waals surface area contributed by atoms with Gasteiger partial charge in [-0.2, -0.15) is 0 Å². The molecule has 1 heterocycles. The number of thiazole rings is 1. The standard InChI is InChI=1S/C16H18N2O3S/c1-2-3-9-12(16(20)21)18-14(19)13-10-17-15(22-13)11-7-5-4-6-8-11/h4-8,10,12H,2-3,9H2,1H3,(H,18,19)(H,20,21)/t12-/m0/s1. The summed E-state index contributed by atoms with van der Waals surface area (Å²) >= 11 is 1.26. The van der Waals surface area contributed by atoms with Crippen LogP contribution in [0.2, 0.25) is 0 Å². The molecule has 1 amide bonds. The highest BCUT2D eigenvalue weighted by Gasteiger charge is 2.21. The molecular weight excluding hydrogens is 300 g/mol. The van der Waals surface area contributed by atoms with Crippen LogP contribution in [0.15, 0.2) is 36.5 Å². The summed E-state index contributed by atoms with van der Waals surface area (Å²) in [5, 5.41) is 12.5. The highest BCUT2D eigenvalue weighted by atomic mass is 32.1. The molecule has 22 heavy (non-hydrogen) atoms. The van der Waals surface area contributed by atoms with Crippen LogP contribution in [0.25, 0.3) is 10.6 Å². The van der Waals surface area contributed by atoms with Gasteiger partial charge in [-0.05, 0) is 6.42 Å². The monoisotopic (exact) mass is 318 g/mol. The fraction of sp³-hybridized carbons (Fsp3) is 0.312. The lowest BCUT2D eigenvalue weighted by molar-refractivity contribution is -0.139. The molecule has 0 aliphatic heterocycles. The van der Waals surface area contributed by atoms with Crippen molar-refractivity contribution < 1.29 is 14.7 Å². The number of hydrogen-bond donors (Lipinski definition) is 2. The van der Waals surface area contributed by atoms with Crippen molar-refractivity contribution in [3.05, 3.63) is 41.4 Å². The Morgan fingerprint density at radius 3 is 2.68 bits per heavy atom. The molecule has 0 unspecified atom stereocenters. The van der Waals surface area contributed by atoms with E-state index >= 15 is 0 Å². The van der Waals surface area contributed by atoms with Crippen LogP contribution >= 0.6 is 11.3 Å². The van der Waals surface area contributed by atoms with E-state index in [1.54, 1.807) is 0 Å². The van der Waals surface area contributed by atoms with Crippen LogP contribution in [-0.2, 0) is 4.79 Å². The second-order valence-corrected chi connectivity index (χ2v) is 5.93. The quantitative estimate of drug-likeness (QED) is 0.821. The van der Waals surface area contributed by atoms with Crippen LogP contribution in [0, 0.1) is 0 Å². The van der Waals surface area contributed by atoms with Gasteiger partial charge in [-0.15, -0.1) is 11.3 Å². The second kappa shape index (κ2) is 7.70. The summed E-state index contributed by atoms with van der Waals surface area (Å²) in [6.07, 6.45) is 3.57. The predicted molar refractivity (Wildman–Crippen MR) is 86.0 cm³/mol. The molecule has 0 fully saturated rings. The van der Waals surface area contributed by atoms with Crippen molar-refractivity contribution in [1.82, 2.24) is 10.3 Å². The van der Waals surface area contributed by atoms with Crippen molar-refractivity contribution in [3.63, 3.8) is 0 Å². The first-order valence-corrected chi connectivity index (χ1v) is 7.98. The molecule has 116 valence electrons. The van der Waals surface area contributed by atoms with Crippen LogP contribution < -0.4 is 5.32 Å². The van der Waals surface area contributed by atoms with E-state index in [-0.39, 0.29) is 5.91 Å². The molecular formula is C16H18N2O3S. The van der Waals surface area contributed by atoms with Gasteiger partial charge in [-0.1, -0.05) is 50.1 Å². The van der Waals surface area contributed by atoms with E-state index in [1.165, 1.54) is 17.5 Å². The van der Waals surface area contributed by atoms with Crippen LogP contribution in [0.4, 0.5) is 0 Å². The number of aromatic nitrogens is 1. The minimum absolute atomic E-state index is 0.386. The predicted octanol–water partition coefficient (Wildman–Crippen LogP) is 3.18. The second-order valence-electron chi connectivity index (χ2n) is 4.90. The van der Waals surface area contributed by atoms with Gasteiger partial charge in [0.25, 0.3) is 5.91 Å². The normalized spacial score (nSPS) is 11.9. The van der Waals surface area contributed by atoms with E-state index < -0.39 is 12.0 Å². The summed E-state index contributed by atoms with van der Waals surface area (Å²) in [6.45, 7) is 1.98. The number of benzene rings is 1. The Bertz CT molecular complexity index is 640. The van der Waals surface area contributed by atoms with Crippen LogP contribution in [0.5, 0.6) is 0 Å². The highest BCUT2D eigenvalue weighted by molar-refractivity contribution is 7.16. The van der Waals surface area contributed by atoms with Crippen molar-refractivity contribution in [2.45, 2.75) is 32.2 Å². The number of amides is 1. The maximum absolute atomic E-state index is 12.2. The molecule has 5 nitrogen and oxygen atoms in total. The van der Waals surface area contributed by atoms with Crippen molar-refractivity contribution >= 4 is 23.2 Å². The van der Waals surface area contributed by atoms with Crippen molar-refractivity contribution in [2.75, 3.05) is 0 Å². The van der Waals surface area contributed by atoms with Crippen LogP contribution in [0.3, 0.4) is 0 Å². The molecule has 2 aromatic rings. The molecule has 1 aromatic carbocycles. The Kier molecular flexibility index (Phi) is 5.66. The van der Waals surface area contributed by atoms with Gasteiger partial charge in [0, 0.05) is 5.56 Å². The molecule has 0 saturated heterocycles. The van der Waals surface area contributed by atoms with Gasteiger partial charge in [0.1, 0.15) is 15.9 Å². The number of nitrogens with zero attached hydrogens (tertiary/aromatic N) is 1. The lowest BCUT2D eigenvalue weighted by Gasteiger charge is -2.12. The van der Waals surface area contributed by atoms with Crippen molar-refractivity contribution in [1.29, 1.82) is 0 Å². The Balaban J connectivity index is 2.06. The molecule has 0 bridgehead atoms. The van der Waals surface area contributed by atoms with Gasteiger partial charge in [0.05, 0.1) is 6.20 Å². The first kappa shape index (κ1) is 16.2. The molecule has 0 aliphatic carbocycles. The van der Waals surface area contributed by atoms with E-state index in [0.717, 1.165) is 23.4 Å². The summed E-state index contributed by atoms with van der Waals surface area (Å²) in [7, 11) is 0. The van der Waals surface area contributed by atoms with Crippen molar-refractivity contribution in [2.24, 2.45) is 0 Å². The van der Waals surface area contributed by atoms with Crippen LogP contribution in [0.1, 0.15) is 35.9 Å². The molecule has 0 aliphatic rings. The van der Waals surface area contributed by atoms with Gasteiger partial charge < -0.3 is 10.4 Å². The van der Waals surface area contributed by atoms with Gasteiger partial charge in [-0.3, -0.25) is 4.79 Å². The Labute approximate surface area is 133 Å². The number of unbranched alkanes of at least 4 members (excludes halogenated alkanes) is 1. The zero-order valence-electron chi connectivity index (χ0n) is 12.3. The summed E-state index contributed by atoms with van der Waals surface area (Å²) in [5.41, 5.74) is 0.937. The zero-order chi connectivity index (χ0) is 15.9. The molecule has 6 heteroatoms. The fourth-order valence-corrected chi connectivity index (χ4v) is 2.81. The van der Waals surface area contributed by atoms with Gasteiger partial charge in [0.2, 0.25) is 0 Å². The van der Waals surface area contributed by atoms with Gasteiger partial charge in [-0.25, -0.2) is 9.78 Å². The third-order valence-corrected chi connectivity index (χ3v) is 4.25. The van der Waals surface area contributed by atoms with E-state index in [0.29, 0.717) is 11.3 Å². The van der Waals surface area contributed by atoms with Gasteiger partial charge in [0.15, 0.2) is 0 Å². The number of nitrogens with one attached hydrogen (secondary N) is 1. The smallest absolute Gasteiger partial charge is 0.326 e. The number of carbonyl (C=O) groups is 2. The van der Waals surface area contributed by atoms with Gasteiger partial charge >= 0.3 is 5.97 Å². The first-order valence-electron chi connectivity index (χ1n) is 7.16. The summed E-state index contributed by atoms with van der Waals surface area (Å²) in [5.74, 6) is -1.39. The molecule has 0 spiro atoms. The van der Waals surface area contributed by atoms with E-state index in [2.05, 4.69) is 10.3 Å². The molecule has 0 saturated carbocycles. The largest absolute Gasteiger partial charge is 0.480 e. The summed E-state index contributed by atoms with van der Waals surface area (Å²) in [4.78, 5) is 28.0. The summed E-state index contributed by atoms with van der Waals surface area (Å²) in [6, 6.07) is 8.71. The highest BCUT2D eigenvalue weighted by Crippen LogP contribution is 2.24. The third-order valence-electron chi connectivity index (χ3n) is 3.20. The minimum Gasteiger partial charge on any atom is -0.480 e. The number of hydrogen-bond acceptors (Lipinski definition) is 4. The lowest BCUT2D eigenvalue weighted by Crippen LogP contribution is -2.40. The summed E-state index contributed by atoms with van der Waals surface area (Å²) < 4.78 is 0. The number of rotatable bonds is 7. The number of aliphatic carboxylic acids is 1. The average molecular weight is 318 g/mol. The minimum atomic E-state index is -1.01. The van der Waals surface area contributed by atoms with Crippen LogP contribution in [-0.4, -0.2) is 28.0 Å². The van der Waals surface area contributed by atoms with Crippen molar-refractivity contribution in [3.8, 4) is 10.6 Å². The Hall–Kier alpha value is -2.21. The maximum Gasteiger partial charge on any atom is 0.326 e. The molecule has 1 atom stereocenters. The lowest BCUT2D eigenvalue weighted by atomic mass is 10.1. The number of carbonyl (C=O) groups excluding carboxylic acids is 1. The zero-order valence-corrected chi connectivity index (χ0v) is 13.1. The van der Waals surface area contributed by atoms with E-state index in [9.17, 15) is 9.59 Å². The molecule has 2 rings (SSSR count). The third kappa shape index (κ3) is 4.14.